The van der Waals surface area contributed by atoms with Gasteiger partial charge in [0.1, 0.15) is 0 Å². The van der Waals surface area contributed by atoms with E-state index in [0.29, 0.717) is 10.1 Å². The van der Waals surface area contributed by atoms with Gasteiger partial charge < -0.3 is 5.32 Å². The van der Waals surface area contributed by atoms with Gasteiger partial charge in [-0.15, -0.1) is 23.5 Å². The van der Waals surface area contributed by atoms with Gasteiger partial charge >= 0.3 is 0 Å². The van der Waals surface area contributed by atoms with Crippen LogP contribution in [0.4, 0.5) is 5.69 Å². The summed E-state index contributed by atoms with van der Waals surface area (Å²) in [4.78, 5) is 12.3. The van der Waals surface area contributed by atoms with Crippen molar-refractivity contribution in [3.05, 3.63) is 63.6 Å². The lowest BCUT2D eigenvalue weighted by molar-refractivity contribution is 0.102. The summed E-state index contributed by atoms with van der Waals surface area (Å²) >= 11 is 7.41. The Morgan fingerprint density at radius 3 is 2.45 bits per heavy atom. The third-order valence-electron chi connectivity index (χ3n) is 3.48. The summed E-state index contributed by atoms with van der Waals surface area (Å²) in [5, 5.41) is 2.95. The van der Waals surface area contributed by atoms with Crippen LogP contribution in [-0.2, 0) is 0 Å². The lowest BCUT2D eigenvalue weighted by Crippen LogP contribution is -2.12. The molecule has 1 N–H and O–H groups in total. The number of rotatable bonds is 3. The number of halogens is 1. The first-order valence-corrected chi connectivity index (χ1v) is 9.93. The predicted octanol–water partition coefficient (Wildman–Crippen LogP) is 5.49. The van der Waals surface area contributed by atoms with E-state index in [1.807, 2.05) is 60.8 Å². The summed E-state index contributed by atoms with van der Waals surface area (Å²) in [6.07, 6.45) is 0. The van der Waals surface area contributed by atoms with Gasteiger partial charge in [-0.05, 0) is 48.4 Å². The summed E-state index contributed by atoms with van der Waals surface area (Å²) in [6.45, 7) is 2.01. The monoisotopic (exact) mass is 393 g/mol. The standard InChI is InChI=1S/C17H16BrNOS2/c1-11-10-14(6-7-15(11)18)19-16(20)12-2-4-13(5-3-12)17-21-8-9-22-17/h2-7,10,17H,8-9H2,1H3,(H,19,20). The van der Waals surface area contributed by atoms with Crippen LogP contribution in [0.1, 0.15) is 26.1 Å². The van der Waals surface area contributed by atoms with E-state index in [2.05, 4.69) is 33.4 Å². The molecule has 2 aromatic rings. The Labute approximate surface area is 147 Å². The van der Waals surface area contributed by atoms with Crippen molar-refractivity contribution in [2.24, 2.45) is 0 Å². The molecule has 1 aliphatic rings. The first kappa shape index (κ1) is 16.0. The van der Waals surface area contributed by atoms with E-state index in [1.165, 1.54) is 17.1 Å². The van der Waals surface area contributed by atoms with Gasteiger partial charge in [0.15, 0.2) is 0 Å². The summed E-state index contributed by atoms with van der Waals surface area (Å²) in [5.41, 5.74) is 3.90. The lowest BCUT2D eigenvalue weighted by atomic mass is 10.1. The second-order valence-electron chi connectivity index (χ2n) is 5.11. The van der Waals surface area contributed by atoms with Crippen LogP contribution in [0.15, 0.2) is 46.9 Å². The second-order valence-corrected chi connectivity index (χ2v) is 8.69. The van der Waals surface area contributed by atoms with E-state index >= 15 is 0 Å². The number of hydrogen-bond donors (Lipinski definition) is 1. The lowest BCUT2D eigenvalue weighted by Gasteiger charge is -2.10. The van der Waals surface area contributed by atoms with Crippen LogP contribution in [0.5, 0.6) is 0 Å². The summed E-state index contributed by atoms with van der Waals surface area (Å²) in [6, 6.07) is 13.8. The highest BCUT2D eigenvalue weighted by Crippen LogP contribution is 2.45. The predicted molar refractivity (Wildman–Crippen MR) is 101 cm³/mol. The zero-order chi connectivity index (χ0) is 15.5. The maximum Gasteiger partial charge on any atom is 0.255 e. The van der Waals surface area contributed by atoms with E-state index < -0.39 is 0 Å². The zero-order valence-electron chi connectivity index (χ0n) is 12.1. The molecule has 1 amide bonds. The second kappa shape index (κ2) is 7.11. The molecule has 0 radical (unpaired) electrons. The molecule has 0 bridgehead atoms. The maximum absolute atomic E-state index is 12.3. The molecule has 0 atom stereocenters. The van der Waals surface area contributed by atoms with Crippen LogP contribution in [0.2, 0.25) is 0 Å². The number of benzene rings is 2. The molecule has 5 heteroatoms. The minimum atomic E-state index is -0.0694. The topological polar surface area (TPSA) is 29.1 Å². The van der Waals surface area contributed by atoms with Crippen LogP contribution in [-0.4, -0.2) is 17.4 Å². The molecule has 2 aromatic carbocycles. The molecule has 1 heterocycles. The minimum absolute atomic E-state index is 0.0694. The molecule has 0 spiro atoms. The van der Waals surface area contributed by atoms with Crippen molar-refractivity contribution in [3.8, 4) is 0 Å². The Balaban J connectivity index is 1.70. The van der Waals surface area contributed by atoms with Crippen molar-refractivity contribution in [1.82, 2.24) is 0 Å². The fourth-order valence-electron chi connectivity index (χ4n) is 2.27. The van der Waals surface area contributed by atoms with Gasteiger partial charge in [-0.3, -0.25) is 4.79 Å². The van der Waals surface area contributed by atoms with E-state index in [0.717, 1.165) is 15.7 Å². The molecule has 114 valence electrons. The smallest absolute Gasteiger partial charge is 0.255 e. The average molecular weight is 394 g/mol. The van der Waals surface area contributed by atoms with E-state index in [4.69, 9.17) is 0 Å². The van der Waals surface area contributed by atoms with Crippen molar-refractivity contribution >= 4 is 51.0 Å². The molecular weight excluding hydrogens is 378 g/mol. The zero-order valence-corrected chi connectivity index (χ0v) is 15.4. The molecule has 0 aromatic heterocycles. The molecule has 0 saturated carbocycles. The Morgan fingerprint density at radius 2 is 1.82 bits per heavy atom. The Morgan fingerprint density at radius 1 is 1.14 bits per heavy atom. The van der Waals surface area contributed by atoms with E-state index in [-0.39, 0.29) is 5.91 Å². The highest BCUT2D eigenvalue weighted by molar-refractivity contribution is 9.10. The van der Waals surface area contributed by atoms with E-state index in [9.17, 15) is 4.79 Å². The minimum Gasteiger partial charge on any atom is -0.322 e. The molecular formula is C17H16BrNOS2. The number of amides is 1. The molecule has 2 nitrogen and oxygen atoms in total. The van der Waals surface area contributed by atoms with Gasteiger partial charge in [0.25, 0.3) is 5.91 Å². The van der Waals surface area contributed by atoms with Crippen molar-refractivity contribution in [3.63, 3.8) is 0 Å². The summed E-state index contributed by atoms with van der Waals surface area (Å²) in [7, 11) is 0. The number of anilines is 1. The third kappa shape index (κ3) is 3.70. The van der Waals surface area contributed by atoms with Crippen LogP contribution >= 0.6 is 39.5 Å². The van der Waals surface area contributed by atoms with Gasteiger partial charge in [-0.1, -0.05) is 28.1 Å². The van der Waals surface area contributed by atoms with Gasteiger partial charge in [-0.25, -0.2) is 0 Å². The van der Waals surface area contributed by atoms with Crippen molar-refractivity contribution < 1.29 is 4.79 Å². The van der Waals surface area contributed by atoms with Crippen LogP contribution in [0, 0.1) is 6.92 Å². The first-order valence-electron chi connectivity index (χ1n) is 7.04. The molecule has 0 unspecified atom stereocenters. The number of carbonyl (C=O) groups excluding carboxylic acids is 1. The quantitative estimate of drug-likeness (QED) is 0.747. The van der Waals surface area contributed by atoms with Gasteiger partial charge in [0, 0.05) is 27.2 Å². The maximum atomic E-state index is 12.3. The normalized spacial score (nSPS) is 15.0. The number of carbonyl (C=O) groups is 1. The van der Waals surface area contributed by atoms with Crippen molar-refractivity contribution in [2.45, 2.75) is 11.5 Å². The Bertz CT molecular complexity index is 682. The highest BCUT2D eigenvalue weighted by atomic mass is 79.9. The highest BCUT2D eigenvalue weighted by Gasteiger charge is 2.18. The number of nitrogens with one attached hydrogen (secondary N) is 1. The molecule has 0 aliphatic carbocycles. The SMILES string of the molecule is Cc1cc(NC(=O)c2ccc(C3SCCS3)cc2)ccc1Br. The number of aryl methyl sites for hydroxylation is 1. The molecule has 1 fully saturated rings. The van der Waals surface area contributed by atoms with Crippen LogP contribution < -0.4 is 5.32 Å². The first-order chi connectivity index (χ1) is 10.6. The fraction of sp³-hybridized carbons (Fsp3) is 0.235. The average Bonchev–Trinajstić information content (AvgIpc) is 3.05. The van der Waals surface area contributed by atoms with Crippen molar-refractivity contribution in [2.75, 3.05) is 16.8 Å². The van der Waals surface area contributed by atoms with Crippen LogP contribution in [0.3, 0.4) is 0 Å². The van der Waals surface area contributed by atoms with Gasteiger partial charge in [-0.2, -0.15) is 0 Å². The number of hydrogen-bond acceptors (Lipinski definition) is 3. The molecule has 1 saturated heterocycles. The fourth-order valence-corrected chi connectivity index (χ4v) is 5.37. The summed E-state index contributed by atoms with van der Waals surface area (Å²) in [5.74, 6) is 2.35. The molecule has 3 rings (SSSR count). The van der Waals surface area contributed by atoms with E-state index in [1.54, 1.807) is 0 Å². The molecule has 1 aliphatic heterocycles. The largest absolute Gasteiger partial charge is 0.322 e. The number of thioether (sulfide) groups is 2. The molecule has 22 heavy (non-hydrogen) atoms. The van der Waals surface area contributed by atoms with Gasteiger partial charge in [0.05, 0.1) is 4.58 Å². The Kier molecular flexibility index (Phi) is 5.16. The summed E-state index contributed by atoms with van der Waals surface area (Å²) < 4.78 is 1.56. The Hall–Kier alpha value is -0.910. The van der Waals surface area contributed by atoms with Crippen LogP contribution in [0.25, 0.3) is 0 Å². The third-order valence-corrected chi connectivity index (χ3v) is 7.48. The van der Waals surface area contributed by atoms with Crippen molar-refractivity contribution in [1.29, 1.82) is 0 Å². The van der Waals surface area contributed by atoms with Gasteiger partial charge in [0.2, 0.25) is 0 Å².